The fourth-order valence-corrected chi connectivity index (χ4v) is 11.7. The zero-order valence-electron chi connectivity index (χ0n) is 45.3. The highest BCUT2D eigenvalue weighted by molar-refractivity contribution is 14.1. The second-order valence-corrected chi connectivity index (χ2v) is 22.8. The van der Waals surface area contributed by atoms with Crippen LogP contribution in [-0.2, 0) is 54.3 Å². The summed E-state index contributed by atoms with van der Waals surface area (Å²) in [7, 11) is 2.93. The number of allylic oxidation sites excluding steroid dienone is 6. The van der Waals surface area contributed by atoms with E-state index >= 15 is 0 Å². The number of halogens is 1. The van der Waals surface area contributed by atoms with Crippen molar-refractivity contribution in [3.63, 3.8) is 0 Å². The molecule has 1 aromatic rings. The number of azide groups is 1. The number of amides is 1. The van der Waals surface area contributed by atoms with E-state index in [4.69, 9.17) is 29.2 Å². The molecule has 5 rings (SSSR count). The molecule has 0 aromatic heterocycles. The van der Waals surface area contributed by atoms with Crippen LogP contribution in [-0.4, -0.2) is 125 Å². The van der Waals surface area contributed by atoms with Gasteiger partial charge in [-0.15, -0.1) is 0 Å². The second-order valence-electron chi connectivity index (χ2n) is 21.6. The van der Waals surface area contributed by atoms with E-state index < -0.39 is 83.9 Å². The Morgan fingerprint density at radius 2 is 1.68 bits per heavy atom. The molecule has 4 aliphatic rings. The van der Waals surface area contributed by atoms with Gasteiger partial charge in [-0.2, -0.15) is 0 Å². The number of Topliss-reactive ketones (excluding diaryl/α,β-unsaturated/α-hetero) is 3. The van der Waals surface area contributed by atoms with Crippen molar-refractivity contribution >= 4 is 57.5 Å². The summed E-state index contributed by atoms with van der Waals surface area (Å²) in [5.74, 6) is -8.40. The van der Waals surface area contributed by atoms with Gasteiger partial charge < -0.3 is 43.9 Å². The fraction of sp³-hybridized carbons (Fsp3) is 0.667. The first-order valence-corrected chi connectivity index (χ1v) is 27.8. The van der Waals surface area contributed by atoms with Crippen LogP contribution in [0.4, 0.5) is 5.69 Å². The van der Waals surface area contributed by atoms with Crippen molar-refractivity contribution in [2.75, 3.05) is 20.8 Å². The van der Waals surface area contributed by atoms with E-state index in [1.54, 1.807) is 46.9 Å². The fourth-order valence-electron chi connectivity index (χ4n) is 11.0. The number of hydrogen-bond donors (Lipinski definition) is 3. The number of ketones is 3. The number of ether oxygens (including phenoxy) is 5. The van der Waals surface area contributed by atoms with Crippen LogP contribution in [0.1, 0.15) is 131 Å². The van der Waals surface area contributed by atoms with Crippen molar-refractivity contribution in [2.24, 2.45) is 40.6 Å². The smallest absolute Gasteiger partial charge is 0.329 e. The van der Waals surface area contributed by atoms with Crippen molar-refractivity contribution in [1.29, 1.82) is 0 Å². The van der Waals surface area contributed by atoms with Crippen LogP contribution in [0, 0.1) is 39.1 Å². The summed E-state index contributed by atoms with van der Waals surface area (Å²) < 4.78 is 31.1. The van der Waals surface area contributed by atoms with Crippen molar-refractivity contribution in [3.8, 4) is 0 Å². The predicted octanol–water partition coefficient (Wildman–Crippen LogP) is 9.30. The number of rotatable bonds is 9. The van der Waals surface area contributed by atoms with Crippen LogP contribution in [0.15, 0.2) is 70.9 Å². The first kappa shape index (κ1) is 61.7. The van der Waals surface area contributed by atoms with E-state index in [0.717, 1.165) is 14.7 Å². The second kappa shape index (κ2) is 29.0. The molecule has 1 saturated carbocycles. The summed E-state index contributed by atoms with van der Waals surface area (Å²) in [6.07, 6.45) is 10.3. The number of nitrogens with zero attached hydrogens (tertiary/aromatic N) is 4. The third kappa shape index (κ3) is 16.7. The third-order valence-electron chi connectivity index (χ3n) is 15.8. The molecule has 0 spiro atoms. The minimum Gasteiger partial charge on any atom is -0.460 e. The van der Waals surface area contributed by atoms with Crippen LogP contribution in [0.3, 0.4) is 0 Å². The number of benzene rings is 1. The number of aliphatic hydroxyl groups is 3. The quantitative estimate of drug-likeness (QED) is 0.0397. The summed E-state index contributed by atoms with van der Waals surface area (Å²) in [5, 5.41) is 38.0. The average Bonchev–Trinajstić information content (AvgIpc) is 3.38. The molecule has 3 heterocycles. The minimum absolute atomic E-state index is 0.0294. The van der Waals surface area contributed by atoms with E-state index in [-0.39, 0.29) is 67.8 Å². The number of carbonyl (C=O) groups is 5. The zero-order valence-corrected chi connectivity index (χ0v) is 47.4. The van der Waals surface area contributed by atoms with Gasteiger partial charge in [0.05, 0.1) is 36.7 Å². The maximum atomic E-state index is 14.5. The number of methoxy groups -OCH3 is 2. The van der Waals surface area contributed by atoms with Gasteiger partial charge in [-0.25, -0.2) is 4.79 Å². The van der Waals surface area contributed by atoms with Crippen molar-refractivity contribution in [1.82, 2.24) is 4.90 Å². The Balaban J connectivity index is 1.50. The normalized spacial score (nSPS) is 36.4. The van der Waals surface area contributed by atoms with Crippen LogP contribution in [0.25, 0.3) is 10.4 Å². The molecule has 2 bridgehead atoms. The standard InChI is InChI=1S/C57H81IN4O13/c1-33-15-11-10-12-16-34(2)48(73-32-41-19-22-44(60-61-59)43(58)28-41)30-42-21-18-39(7)57(70,75-42)54(67)55(68)62-24-14-13-17-45(62)56(69)74-49(36(4)27-40-20-23-46(63)50(29-40)71-8)31-47(64)35(3)26-38(6)52(66)53(72-9)51(65)37(5)25-33/h10-12,15-16,19,22,26,28,33,35-37,39-40,42,45-46,48-50,52-53,63,66,70H,13-14,17-18,20-21,23-25,27,29-32H2,1-9H3/b12-10+,15-11+,34-16+,38-26+/t33-,35-,36-,37-,39-,40+,42+,45+,46-,48-,49+,50-,52-,53+,57-/m1/s1/i58-2. The summed E-state index contributed by atoms with van der Waals surface area (Å²) in [5.41, 5.74) is 11.5. The molecule has 18 heteroatoms. The van der Waals surface area contributed by atoms with E-state index in [1.807, 2.05) is 63.3 Å². The number of cyclic esters (lactones) is 1. The molecule has 17 nitrogen and oxygen atoms in total. The summed E-state index contributed by atoms with van der Waals surface area (Å²) in [6, 6.07) is 4.20. The number of hydrogen-bond acceptors (Lipinski definition) is 14. The molecule has 15 atom stereocenters. The number of fused-ring (bicyclic) bond motifs is 3. The van der Waals surface area contributed by atoms with Gasteiger partial charge in [0.1, 0.15) is 30.1 Å². The SMILES string of the molecule is CO[C@@H]1C[C@H](C[C@@H](C)[C@@H]2CC(=O)[C@H](C)/C=C(\C)[C@@H](O)[C@@H](OC)C(=O)[C@H](C)C[C@H](C)/C=C/C=C/C=C(\C)[C@H](OCc3ccc(N=[N+]=[N-])c([125I])c3)C[C@@H]3CC[C@@H](C)[C@@](O)(O3)C(=O)C(=O)N3CCCC[C@H]3C(=O)O2)CC[C@H]1O. The highest BCUT2D eigenvalue weighted by Crippen LogP contribution is 2.38. The van der Waals surface area contributed by atoms with Gasteiger partial charge >= 0.3 is 5.97 Å². The lowest BCUT2D eigenvalue weighted by molar-refractivity contribution is -0.266. The molecular formula is C57H81IN4O13. The van der Waals surface area contributed by atoms with Crippen molar-refractivity contribution < 1.29 is 63.0 Å². The van der Waals surface area contributed by atoms with Gasteiger partial charge in [-0.3, -0.25) is 19.2 Å². The summed E-state index contributed by atoms with van der Waals surface area (Å²) >= 11 is 2.10. The lowest BCUT2D eigenvalue weighted by Gasteiger charge is -2.43. The molecule has 1 aromatic carbocycles. The molecule has 3 aliphatic heterocycles. The predicted molar refractivity (Wildman–Crippen MR) is 291 cm³/mol. The number of carbonyl (C=O) groups excluding carboxylic acids is 5. The first-order valence-electron chi connectivity index (χ1n) is 26.7. The Labute approximate surface area is 456 Å². The molecule has 3 fully saturated rings. The van der Waals surface area contributed by atoms with Crippen molar-refractivity contribution in [2.45, 2.75) is 187 Å². The van der Waals surface area contributed by atoms with Gasteiger partial charge in [0.2, 0.25) is 5.79 Å². The first-order chi connectivity index (χ1) is 35.6. The number of aliphatic hydroxyl groups excluding tert-OH is 2. The Hall–Kier alpha value is -4.11. The van der Waals surface area contributed by atoms with Crippen LogP contribution in [0.5, 0.6) is 0 Å². The Kier molecular flexibility index (Phi) is 23.9. The highest BCUT2D eigenvalue weighted by Gasteiger charge is 2.53. The topological polar surface area (TPSA) is 244 Å². The highest BCUT2D eigenvalue weighted by atomic mass is 125. The summed E-state index contributed by atoms with van der Waals surface area (Å²) in [4.78, 5) is 75.7. The summed E-state index contributed by atoms with van der Waals surface area (Å²) in [6.45, 7) is 12.8. The van der Waals surface area contributed by atoms with Gasteiger partial charge in [-0.1, -0.05) is 88.3 Å². The molecule has 1 amide bonds. The van der Waals surface area contributed by atoms with Crippen LogP contribution in [0.2, 0.25) is 0 Å². The Morgan fingerprint density at radius 1 is 0.933 bits per heavy atom. The number of esters is 1. The molecule has 75 heavy (non-hydrogen) atoms. The Morgan fingerprint density at radius 3 is 2.37 bits per heavy atom. The van der Waals surface area contributed by atoms with E-state index in [0.29, 0.717) is 69.0 Å². The monoisotopic (exact) mass is 1150 g/mol. The van der Waals surface area contributed by atoms with Gasteiger partial charge in [0.15, 0.2) is 5.78 Å². The molecule has 0 unspecified atom stereocenters. The maximum absolute atomic E-state index is 14.5. The third-order valence-corrected chi connectivity index (χ3v) is 16.7. The molecule has 3 N–H and O–H groups in total. The number of piperidine rings is 1. The Bertz CT molecular complexity index is 2330. The molecule has 1 aliphatic carbocycles. The molecular weight excluding hydrogens is 1070 g/mol. The van der Waals surface area contributed by atoms with E-state index in [9.17, 15) is 39.3 Å². The molecule has 0 radical (unpaired) electrons. The lowest BCUT2D eigenvalue weighted by Crippen LogP contribution is -2.61. The zero-order chi connectivity index (χ0) is 55.1. The average molecular weight is 1160 g/mol. The lowest BCUT2D eigenvalue weighted by atomic mass is 9.78. The van der Waals surface area contributed by atoms with Gasteiger partial charge in [0.25, 0.3) is 11.7 Å². The van der Waals surface area contributed by atoms with Crippen LogP contribution < -0.4 is 0 Å². The van der Waals surface area contributed by atoms with Crippen LogP contribution >= 0.6 is 22.6 Å². The van der Waals surface area contributed by atoms with Crippen molar-refractivity contribution in [3.05, 3.63) is 85.4 Å². The van der Waals surface area contributed by atoms with E-state index in [1.165, 1.54) is 12.0 Å². The maximum Gasteiger partial charge on any atom is 0.329 e. The minimum atomic E-state index is -2.51. The van der Waals surface area contributed by atoms with E-state index in [2.05, 4.69) is 32.6 Å². The largest absolute Gasteiger partial charge is 0.460 e. The van der Waals surface area contributed by atoms with Gasteiger partial charge in [-0.05, 0) is 147 Å². The molecule has 414 valence electrons. The molecule has 2 saturated heterocycles. The van der Waals surface area contributed by atoms with Gasteiger partial charge in [0, 0.05) is 59.8 Å².